The zero-order chi connectivity index (χ0) is 15.6. The lowest BCUT2D eigenvalue weighted by atomic mass is 10.1. The zero-order valence-corrected chi connectivity index (χ0v) is 11.6. The summed E-state index contributed by atoms with van der Waals surface area (Å²) in [5.74, 6) is -0.363. The smallest absolute Gasteiger partial charge is 0.406 e. The predicted molar refractivity (Wildman–Crippen MR) is 69.8 cm³/mol. The molecule has 0 bridgehead atoms. The van der Waals surface area contributed by atoms with E-state index >= 15 is 0 Å². The molecule has 0 spiro atoms. The summed E-state index contributed by atoms with van der Waals surface area (Å²) in [6, 6.07) is 6.99. The van der Waals surface area contributed by atoms with Crippen LogP contribution in [0.25, 0.3) is 0 Å². The van der Waals surface area contributed by atoms with Gasteiger partial charge in [-0.1, -0.05) is 12.1 Å². The highest BCUT2D eigenvalue weighted by atomic mass is 19.4. The minimum absolute atomic E-state index is 0.311. The number of aryl methyl sites for hydroxylation is 2. The molecular formula is C14H15F3N2O2. The van der Waals surface area contributed by atoms with Gasteiger partial charge in [0.1, 0.15) is 11.9 Å². The average Bonchev–Trinajstić information content (AvgIpc) is 2.77. The minimum atomic E-state index is -4.76. The molecule has 1 aromatic carbocycles. The Kier molecular flexibility index (Phi) is 4.22. The van der Waals surface area contributed by atoms with E-state index in [-0.39, 0.29) is 5.75 Å². The van der Waals surface area contributed by atoms with Crippen molar-refractivity contribution in [2.24, 2.45) is 0 Å². The topological polar surface area (TPSA) is 47.3 Å². The standard InChI is InChI=1S/C14H15F3N2O2/c1-3-19-12(7-9(2)18-19)13(20)10-5-4-6-11(8-10)21-14(15,16)17/h4-8,13,20H,3H2,1-2H3. The van der Waals surface area contributed by atoms with Gasteiger partial charge in [-0.15, -0.1) is 13.2 Å². The molecule has 0 aliphatic heterocycles. The van der Waals surface area contributed by atoms with Crippen molar-refractivity contribution >= 4 is 0 Å². The molecule has 0 saturated carbocycles. The van der Waals surface area contributed by atoms with Gasteiger partial charge in [0.05, 0.1) is 11.4 Å². The van der Waals surface area contributed by atoms with E-state index in [9.17, 15) is 18.3 Å². The van der Waals surface area contributed by atoms with Crippen LogP contribution in [0.2, 0.25) is 0 Å². The van der Waals surface area contributed by atoms with Crippen LogP contribution >= 0.6 is 0 Å². The number of alkyl halides is 3. The summed E-state index contributed by atoms with van der Waals surface area (Å²) in [4.78, 5) is 0. The summed E-state index contributed by atoms with van der Waals surface area (Å²) in [7, 11) is 0. The Labute approximate surface area is 119 Å². The van der Waals surface area contributed by atoms with Gasteiger partial charge in [0.25, 0.3) is 0 Å². The summed E-state index contributed by atoms with van der Waals surface area (Å²) in [6.45, 7) is 4.20. The lowest BCUT2D eigenvalue weighted by molar-refractivity contribution is -0.274. The number of rotatable bonds is 4. The third kappa shape index (κ3) is 3.75. The molecule has 0 fully saturated rings. The molecule has 0 saturated heterocycles. The number of halogens is 3. The number of hydrogen-bond donors (Lipinski definition) is 1. The van der Waals surface area contributed by atoms with Crippen molar-refractivity contribution < 1.29 is 23.0 Å². The van der Waals surface area contributed by atoms with Crippen LogP contribution in [0, 0.1) is 6.92 Å². The molecule has 2 aromatic rings. The SMILES string of the molecule is CCn1nc(C)cc1C(O)c1cccc(OC(F)(F)F)c1. The molecule has 7 heteroatoms. The van der Waals surface area contributed by atoms with Crippen molar-refractivity contribution in [3.8, 4) is 5.75 Å². The van der Waals surface area contributed by atoms with Gasteiger partial charge in [-0.3, -0.25) is 4.68 Å². The summed E-state index contributed by atoms with van der Waals surface area (Å²) in [5.41, 5.74) is 1.57. The van der Waals surface area contributed by atoms with Gasteiger partial charge in [-0.2, -0.15) is 5.10 Å². The van der Waals surface area contributed by atoms with Crippen LogP contribution in [0.4, 0.5) is 13.2 Å². The fourth-order valence-electron chi connectivity index (χ4n) is 2.09. The number of aromatic nitrogens is 2. The molecule has 1 unspecified atom stereocenters. The Hall–Kier alpha value is -2.02. The van der Waals surface area contributed by atoms with E-state index in [2.05, 4.69) is 9.84 Å². The first-order chi connectivity index (χ1) is 9.80. The number of benzene rings is 1. The van der Waals surface area contributed by atoms with E-state index in [0.717, 1.165) is 5.69 Å². The fraction of sp³-hybridized carbons (Fsp3) is 0.357. The molecule has 114 valence electrons. The molecule has 1 aromatic heterocycles. The molecule has 1 N–H and O–H groups in total. The molecule has 1 atom stereocenters. The van der Waals surface area contributed by atoms with Gasteiger partial charge in [-0.25, -0.2) is 0 Å². The molecule has 1 heterocycles. The van der Waals surface area contributed by atoms with Gasteiger partial charge in [0.15, 0.2) is 0 Å². The number of ether oxygens (including phenoxy) is 1. The second-order valence-corrected chi connectivity index (χ2v) is 4.55. The Balaban J connectivity index is 2.30. The predicted octanol–water partition coefficient (Wildman–Crippen LogP) is 3.19. The summed E-state index contributed by atoms with van der Waals surface area (Å²) < 4.78 is 42.1. The average molecular weight is 300 g/mol. The van der Waals surface area contributed by atoms with Gasteiger partial charge in [-0.05, 0) is 37.6 Å². The highest BCUT2D eigenvalue weighted by Gasteiger charge is 2.31. The Morgan fingerprint density at radius 1 is 1.33 bits per heavy atom. The van der Waals surface area contributed by atoms with E-state index in [4.69, 9.17) is 0 Å². The molecule has 4 nitrogen and oxygen atoms in total. The monoisotopic (exact) mass is 300 g/mol. The number of aliphatic hydroxyl groups is 1. The molecule has 21 heavy (non-hydrogen) atoms. The fourth-order valence-corrected chi connectivity index (χ4v) is 2.09. The van der Waals surface area contributed by atoms with Crippen molar-refractivity contribution in [1.29, 1.82) is 0 Å². The second kappa shape index (κ2) is 5.77. The van der Waals surface area contributed by atoms with Crippen LogP contribution in [0.3, 0.4) is 0 Å². The summed E-state index contributed by atoms with van der Waals surface area (Å²) in [5, 5.41) is 14.5. The highest BCUT2D eigenvalue weighted by Crippen LogP contribution is 2.28. The molecule has 0 aliphatic rings. The first-order valence-corrected chi connectivity index (χ1v) is 6.38. The van der Waals surface area contributed by atoms with E-state index < -0.39 is 12.5 Å². The van der Waals surface area contributed by atoms with Crippen LogP contribution in [0.15, 0.2) is 30.3 Å². The van der Waals surface area contributed by atoms with E-state index in [0.29, 0.717) is 17.8 Å². The van der Waals surface area contributed by atoms with Gasteiger partial charge < -0.3 is 9.84 Å². The molecular weight excluding hydrogens is 285 g/mol. The van der Waals surface area contributed by atoms with Crippen molar-refractivity contribution in [2.75, 3.05) is 0 Å². The van der Waals surface area contributed by atoms with Crippen molar-refractivity contribution in [2.45, 2.75) is 32.9 Å². The Morgan fingerprint density at radius 2 is 2.05 bits per heavy atom. The van der Waals surface area contributed by atoms with Crippen LogP contribution in [-0.4, -0.2) is 21.2 Å². The first-order valence-electron chi connectivity index (χ1n) is 6.38. The second-order valence-electron chi connectivity index (χ2n) is 4.55. The lowest BCUT2D eigenvalue weighted by Gasteiger charge is -2.14. The maximum Gasteiger partial charge on any atom is 0.573 e. The summed E-state index contributed by atoms with van der Waals surface area (Å²) >= 11 is 0. The lowest BCUT2D eigenvalue weighted by Crippen LogP contribution is -2.17. The molecule has 0 amide bonds. The van der Waals surface area contributed by atoms with Crippen LogP contribution in [0.1, 0.15) is 30.0 Å². The van der Waals surface area contributed by atoms with Crippen LogP contribution in [-0.2, 0) is 6.54 Å². The molecule has 0 aliphatic carbocycles. The normalized spacial score (nSPS) is 13.2. The van der Waals surface area contributed by atoms with Gasteiger partial charge >= 0.3 is 6.36 Å². The highest BCUT2D eigenvalue weighted by molar-refractivity contribution is 5.34. The van der Waals surface area contributed by atoms with E-state index in [1.165, 1.54) is 24.3 Å². The summed E-state index contributed by atoms with van der Waals surface area (Å²) in [6.07, 6.45) is -5.83. The minimum Gasteiger partial charge on any atom is -0.406 e. The van der Waals surface area contributed by atoms with Gasteiger partial charge in [0, 0.05) is 6.54 Å². The maximum absolute atomic E-state index is 12.2. The molecule has 2 rings (SSSR count). The molecule has 0 radical (unpaired) electrons. The Bertz CT molecular complexity index is 623. The number of nitrogens with zero attached hydrogens (tertiary/aromatic N) is 2. The third-order valence-electron chi connectivity index (χ3n) is 2.92. The van der Waals surface area contributed by atoms with Crippen LogP contribution < -0.4 is 4.74 Å². The largest absolute Gasteiger partial charge is 0.573 e. The maximum atomic E-state index is 12.2. The van der Waals surface area contributed by atoms with Crippen molar-refractivity contribution in [3.63, 3.8) is 0 Å². The quantitative estimate of drug-likeness (QED) is 0.943. The van der Waals surface area contributed by atoms with E-state index in [1.807, 2.05) is 6.92 Å². The Morgan fingerprint density at radius 3 is 2.67 bits per heavy atom. The van der Waals surface area contributed by atoms with Crippen molar-refractivity contribution in [1.82, 2.24) is 9.78 Å². The third-order valence-corrected chi connectivity index (χ3v) is 2.92. The van der Waals surface area contributed by atoms with Crippen molar-refractivity contribution in [3.05, 3.63) is 47.3 Å². The zero-order valence-electron chi connectivity index (χ0n) is 11.6. The first kappa shape index (κ1) is 15.4. The van der Waals surface area contributed by atoms with E-state index in [1.54, 1.807) is 17.7 Å². The van der Waals surface area contributed by atoms with Gasteiger partial charge in [0.2, 0.25) is 0 Å². The number of aliphatic hydroxyl groups excluding tert-OH is 1. The number of hydrogen-bond acceptors (Lipinski definition) is 3. The van der Waals surface area contributed by atoms with Crippen LogP contribution in [0.5, 0.6) is 5.75 Å².